The first-order valence-corrected chi connectivity index (χ1v) is 11.5. The summed E-state index contributed by atoms with van der Waals surface area (Å²) < 4.78 is 0. The highest BCUT2D eigenvalue weighted by atomic mass is 16.3. The van der Waals surface area contributed by atoms with Gasteiger partial charge < -0.3 is 30.2 Å². The van der Waals surface area contributed by atoms with Crippen LogP contribution in [0.4, 0.5) is 4.79 Å². The van der Waals surface area contributed by atoms with Crippen LogP contribution in [-0.4, -0.2) is 36.3 Å². The van der Waals surface area contributed by atoms with Crippen molar-refractivity contribution in [3.8, 4) is 23.0 Å². The Bertz CT molecular complexity index is 1080. The van der Waals surface area contributed by atoms with E-state index < -0.39 is 0 Å². The van der Waals surface area contributed by atoms with E-state index in [0.29, 0.717) is 26.2 Å². The Morgan fingerprint density at radius 2 is 0.611 bits per heavy atom. The second kappa shape index (κ2) is 11.2. The van der Waals surface area contributed by atoms with Gasteiger partial charge in [-0.2, -0.15) is 0 Å². The molecule has 0 spiro atoms. The van der Waals surface area contributed by atoms with Crippen LogP contribution in [-0.2, 0) is 26.2 Å². The average molecular weight is 485 g/mol. The van der Waals surface area contributed by atoms with Gasteiger partial charge in [-0.1, -0.05) is 48.5 Å². The first-order chi connectivity index (χ1) is 17.4. The van der Waals surface area contributed by atoms with Crippen LogP contribution in [0.25, 0.3) is 0 Å². The third-order valence-corrected chi connectivity index (χ3v) is 5.78. The minimum atomic E-state index is -0.211. The highest BCUT2D eigenvalue weighted by Gasteiger charge is 2.23. The van der Waals surface area contributed by atoms with Crippen molar-refractivity contribution >= 4 is 6.03 Å². The van der Waals surface area contributed by atoms with Crippen LogP contribution < -0.4 is 0 Å². The van der Waals surface area contributed by atoms with E-state index >= 15 is 0 Å². The van der Waals surface area contributed by atoms with E-state index in [4.69, 9.17) is 0 Å². The molecule has 0 aliphatic carbocycles. The molecule has 36 heavy (non-hydrogen) atoms. The molecule has 4 aromatic carbocycles. The van der Waals surface area contributed by atoms with Gasteiger partial charge in [-0.25, -0.2) is 4.79 Å². The van der Waals surface area contributed by atoms with Gasteiger partial charge in [-0.3, -0.25) is 0 Å². The minimum absolute atomic E-state index is 0.149. The first kappa shape index (κ1) is 24.5. The van der Waals surface area contributed by atoms with Crippen LogP contribution in [0, 0.1) is 0 Å². The minimum Gasteiger partial charge on any atom is -0.508 e. The Morgan fingerprint density at radius 3 is 0.806 bits per heavy atom. The molecule has 0 saturated carbocycles. The molecule has 0 atom stereocenters. The number of phenolic OH excluding ortho intramolecular Hbond substituents is 4. The summed E-state index contributed by atoms with van der Waals surface area (Å²) in [5.41, 5.74) is 3.42. The molecule has 4 rings (SSSR count). The molecule has 0 unspecified atom stereocenters. The first-order valence-electron chi connectivity index (χ1n) is 11.5. The van der Waals surface area contributed by atoms with Crippen LogP contribution in [0.15, 0.2) is 97.1 Å². The van der Waals surface area contributed by atoms with E-state index in [1.165, 1.54) is 0 Å². The maximum absolute atomic E-state index is 14.0. The molecular weight excluding hydrogens is 456 g/mol. The summed E-state index contributed by atoms with van der Waals surface area (Å²) in [6.07, 6.45) is 0. The van der Waals surface area contributed by atoms with Crippen molar-refractivity contribution in [1.82, 2.24) is 9.80 Å². The van der Waals surface area contributed by atoms with E-state index in [1.54, 1.807) is 107 Å². The van der Waals surface area contributed by atoms with Crippen molar-refractivity contribution in [1.29, 1.82) is 0 Å². The standard InChI is InChI=1S/C29H28N2O5/c32-25-9-1-21(2-10-25)17-30(18-22-3-11-26(33)12-4-22)29(36)31(19-23-5-13-27(34)14-6-23)20-24-7-15-28(35)16-8-24/h1-16,32-35H,17-20H2. The zero-order valence-electron chi connectivity index (χ0n) is 19.7. The number of phenols is 4. The average Bonchev–Trinajstić information content (AvgIpc) is 2.88. The number of aromatic hydroxyl groups is 4. The van der Waals surface area contributed by atoms with Crippen molar-refractivity contribution in [2.24, 2.45) is 0 Å². The predicted octanol–water partition coefficient (Wildman–Crippen LogP) is 5.33. The van der Waals surface area contributed by atoms with E-state index in [1.807, 2.05) is 0 Å². The topological polar surface area (TPSA) is 104 Å². The Kier molecular flexibility index (Phi) is 7.60. The van der Waals surface area contributed by atoms with E-state index in [-0.39, 0.29) is 29.0 Å². The maximum Gasteiger partial charge on any atom is 0.321 e. The van der Waals surface area contributed by atoms with Crippen molar-refractivity contribution in [2.75, 3.05) is 0 Å². The molecule has 0 aliphatic heterocycles. The van der Waals surface area contributed by atoms with E-state index in [9.17, 15) is 25.2 Å². The second-order valence-electron chi connectivity index (χ2n) is 8.66. The number of benzene rings is 4. The predicted molar refractivity (Wildman–Crippen MR) is 136 cm³/mol. The molecule has 0 saturated heterocycles. The van der Waals surface area contributed by atoms with Gasteiger partial charge in [0.15, 0.2) is 0 Å². The fourth-order valence-electron chi connectivity index (χ4n) is 3.87. The molecule has 7 heteroatoms. The van der Waals surface area contributed by atoms with Crippen LogP contribution in [0.1, 0.15) is 22.3 Å². The second-order valence-corrected chi connectivity index (χ2v) is 8.66. The fourth-order valence-corrected chi connectivity index (χ4v) is 3.87. The molecule has 184 valence electrons. The Hall–Kier alpha value is -4.65. The van der Waals surface area contributed by atoms with Gasteiger partial charge >= 0.3 is 6.03 Å². The Balaban J connectivity index is 1.64. The third-order valence-electron chi connectivity index (χ3n) is 5.78. The summed E-state index contributed by atoms with van der Waals surface area (Å²) in [6, 6.07) is 26.7. The van der Waals surface area contributed by atoms with Crippen LogP contribution in [0.2, 0.25) is 0 Å². The van der Waals surface area contributed by atoms with Gasteiger partial charge in [0.05, 0.1) is 0 Å². The molecule has 0 aliphatic rings. The number of amides is 2. The van der Waals surface area contributed by atoms with Gasteiger partial charge in [0, 0.05) is 26.2 Å². The molecular formula is C29H28N2O5. The number of hydrogen-bond acceptors (Lipinski definition) is 5. The largest absolute Gasteiger partial charge is 0.508 e. The smallest absolute Gasteiger partial charge is 0.321 e. The molecule has 0 radical (unpaired) electrons. The maximum atomic E-state index is 14.0. The quantitative estimate of drug-likeness (QED) is 0.270. The van der Waals surface area contributed by atoms with Crippen LogP contribution in [0.3, 0.4) is 0 Å². The summed E-state index contributed by atoms with van der Waals surface area (Å²) in [4.78, 5) is 17.4. The monoisotopic (exact) mass is 484 g/mol. The van der Waals surface area contributed by atoms with Gasteiger partial charge in [0.2, 0.25) is 0 Å². The third kappa shape index (κ3) is 6.70. The van der Waals surface area contributed by atoms with Crippen molar-refractivity contribution < 1.29 is 25.2 Å². The molecule has 2 amide bonds. The lowest BCUT2D eigenvalue weighted by Crippen LogP contribution is -2.41. The lowest BCUT2D eigenvalue weighted by molar-refractivity contribution is 0.141. The van der Waals surface area contributed by atoms with Gasteiger partial charge in [-0.05, 0) is 70.8 Å². The molecule has 0 bridgehead atoms. The lowest BCUT2D eigenvalue weighted by Gasteiger charge is -2.31. The number of rotatable bonds is 8. The van der Waals surface area contributed by atoms with Crippen LogP contribution in [0.5, 0.6) is 23.0 Å². The highest BCUT2D eigenvalue weighted by molar-refractivity contribution is 5.74. The molecule has 4 N–H and O–H groups in total. The number of nitrogens with zero attached hydrogens (tertiary/aromatic N) is 2. The molecule has 7 nitrogen and oxygen atoms in total. The van der Waals surface area contributed by atoms with Crippen molar-refractivity contribution in [2.45, 2.75) is 26.2 Å². The Morgan fingerprint density at radius 1 is 0.417 bits per heavy atom. The molecule has 0 heterocycles. The fraction of sp³-hybridized carbons (Fsp3) is 0.138. The molecule has 0 fully saturated rings. The molecule has 0 aromatic heterocycles. The van der Waals surface area contributed by atoms with Crippen LogP contribution >= 0.6 is 0 Å². The summed E-state index contributed by atoms with van der Waals surface area (Å²) >= 11 is 0. The lowest BCUT2D eigenvalue weighted by atomic mass is 10.1. The van der Waals surface area contributed by atoms with Crippen molar-refractivity contribution in [3.05, 3.63) is 119 Å². The van der Waals surface area contributed by atoms with Gasteiger partial charge in [-0.15, -0.1) is 0 Å². The van der Waals surface area contributed by atoms with Crippen molar-refractivity contribution in [3.63, 3.8) is 0 Å². The normalized spacial score (nSPS) is 10.7. The van der Waals surface area contributed by atoms with E-state index in [0.717, 1.165) is 22.3 Å². The van der Waals surface area contributed by atoms with E-state index in [2.05, 4.69) is 0 Å². The number of carbonyl (C=O) groups is 1. The summed E-state index contributed by atoms with van der Waals surface area (Å²) in [6.45, 7) is 1.23. The number of urea groups is 1. The van der Waals surface area contributed by atoms with Gasteiger partial charge in [0.1, 0.15) is 23.0 Å². The summed E-state index contributed by atoms with van der Waals surface area (Å²) in [5, 5.41) is 38.7. The zero-order valence-corrected chi connectivity index (χ0v) is 19.7. The number of carbonyl (C=O) groups excluding carboxylic acids is 1. The Labute approximate surface area is 209 Å². The zero-order chi connectivity index (χ0) is 25.5. The summed E-state index contributed by atoms with van der Waals surface area (Å²) in [5.74, 6) is 0.598. The highest BCUT2D eigenvalue weighted by Crippen LogP contribution is 2.21. The number of hydrogen-bond donors (Lipinski definition) is 4. The van der Waals surface area contributed by atoms with Gasteiger partial charge in [0.25, 0.3) is 0 Å². The molecule has 4 aromatic rings. The summed E-state index contributed by atoms with van der Waals surface area (Å²) in [7, 11) is 0. The SMILES string of the molecule is O=C(N(Cc1ccc(O)cc1)Cc1ccc(O)cc1)N(Cc1ccc(O)cc1)Cc1ccc(O)cc1.